The fraction of sp³-hybridized carbons (Fsp3) is 0.625. The number of nitrogens with zero attached hydrogens (tertiary/aromatic N) is 1. The standard InChI is InChI=1S/C16H26N2/c1-14(15-8-4-2-5-9-15)18(13-12-17)16-10-6-3-7-11-16/h2,4-5,8-9,14,16H,3,6-7,10-13,17H2,1H3. The molecule has 0 aromatic heterocycles. The lowest BCUT2D eigenvalue weighted by Gasteiger charge is -2.38. The van der Waals surface area contributed by atoms with Gasteiger partial charge in [-0.3, -0.25) is 4.90 Å². The van der Waals surface area contributed by atoms with E-state index in [4.69, 9.17) is 5.73 Å². The van der Waals surface area contributed by atoms with Crippen LogP contribution in [0.3, 0.4) is 0 Å². The normalized spacial score (nSPS) is 19.1. The van der Waals surface area contributed by atoms with Crippen LogP contribution in [-0.2, 0) is 0 Å². The third-order valence-corrected chi connectivity index (χ3v) is 4.21. The van der Waals surface area contributed by atoms with Crippen LogP contribution in [0.4, 0.5) is 0 Å². The third-order valence-electron chi connectivity index (χ3n) is 4.21. The van der Waals surface area contributed by atoms with E-state index in [1.165, 1.54) is 37.7 Å². The topological polar surface area (TPSA) is 29.3 Å². The quantitative estimate of drug-likeness (QED) is 0.863. The van der Waals surface area contributed by atoms with Crippen molar-refractivity contribution >= 4 is 0 Å². The lowest BCUT2D eigenvalue weighted by Crippen LogP contribution is -2.41. The summed E-state index contributed by atoms with van der Waals surface area (Å²) in [6.45, 7) is 4.09. The first-order chi connectivity index (χ1) is 8.83. The lowest BCUT2D eigenvalue weighted by atomic mass is 9.92. The Morgan fingerprint density at radius 2 is 1.83 bits per heavy atom. The van der Waals surface area contributed by atoms with Gasteiger partial charge in [0.25, 0.3) is 0 Å². The van der Waals surface area contributed by atoms with Gasteiger partial charge in [-0.05, 0) is 25.3 Å². The van der Waals surface area contributed by atoms with Crippen LogP contribution in [0.5, 0.6) is 0 Å². The highest BCUT2D eigenvalue weighted by molar-refractivity contribution is 5.18. The van der Waals surface area contributed by atoms with Gasteiger partial charge in [-0.2, -0.15) is 0 Å². The van der Waals surface area contributed by atoms with E-state index in [1.807, 2.05) is 0 Å². The first kappa shape index (κ1) is 13.6. The summed E-state index contributed by atoms with van der Waals surface area (Å²) in [7, 11) is 0. The van der Waals surface area contributed by atoms with Crippen molar-refractivity contribution in [2.45, 2.75) is 51.1 Å². The van der Waals surface area contributed by atoms with Crippen LogP contribution in [0.2, 0.25) is 0 Å². The van der Waals surface area contributed by atoms with Crippen molar-refractivity contribution < 1.29 is 0 Å². The molecule has 0 saturated heterocycles. The number of benzene rings is 1. The molecule has 2 heteroatoms. The van der Waals surface area contributed by atoms with Crippen molar-refractivity contribution in [1.82, 2.24) is 4.90 Å². The first-order valence-corrected chi connectivity index (χ1v) is 7.33. The van der Waals surface area contributed by atoms with Gasteiger partial charge in [-0.15, -0.1) is 0 Å². The van der Waals surface area contributed by atoms with Gasteiger partial charge in [0.15, 0.2) is 0 Å². The summed E-state index contributed by atoms with van der Waals surface area (Å²) < 4.78 is 0. The molecule has 1 aliphatic carbocycles. The fourth-order valence-corrected chi connectivity index (χ4v) is 3.18. The molecule has 2 rings (SSSR count). The van der Waals surface area contributed by atoms with Gasteiger partial charge in [-0.1, -0.05) is 49.6 Å². The molecule has 0 radical (unpaired) electrons. The molecule has 1 unspecified atom stereocenters. The predicted octanol–water partition coefficient (Wildman–Crippen LogP) is 3.34. The van der Waals surface area contributed by atoms with Gasteiger partial charge in [0, 0.05) is 25.2 Å². The van der Waals surface area contributed by atoms with Crippen LogP contribution in [0.1, 0.15) is 50.6 Å². The Kier molecular flexibility index (Phi) is 5.21. The molecular weight excluding hydrogens is 220 g/mol. The highest BCUT2D eigenvalue weighted by atomic mass is 15.2. The summed E-state index contributed by atoms with van der Waals surface area (Å²) in [5.41, 5.74) is 7.22. The summed E-state index contributed by atoms with van der Waals surface area (Å²) in [4.78, 5) is 2.62. The van der Waals surface area contributed by atoms with E-state index < -0.39 is 0 Å². The van der Waals surface area contributed by atoms with Crippen molar-refractivity contribution in [3.8, 4) is 0 Å². The zero-order chi connectivity index (χ0) is 12.8. The molecule has 0 bridgehead atoms. The van der Waals surface area contributed by atoms with Gasteiger partial charge in [0.05, 0.1) is 0 Å². The average Bonchev–Trinajstić information content (AvgIpc) is 2.46. The number of nitrogens with two attached hydrogens (primary N) is 1. The van der Waals surface area contributed by atoms with E-state index in [-0.39, 0.29) is 0 Å². The Morgan fingerprint density at radius 3 is 2.44 bits per heavy atom. The van der Waals surface area contributed by atoms with Gasteiger partial charge >= 0.3 is 0 Å². The smallest absolute Gasteiger partial charge is 0.0323 e. The predicted molar refractivity (Wildman–Crippen MR) is 77.5 cm³/mol. The number of hydrogen-bond donors (Lipinski definition) is 1. The molecule has 0 heterocycles. The molecule has 18 heavy (non-hydrogen) atoms. The summed E-state index contributed by atoms with van der Waals surface area (Å²) in [6.07, 6.45) is 6.86. The molecule has 0 amide bonds. The first-order valence-electron chi connectivity index (χ1n) is 7.33. The third kappa shape index (κ3) is 3.33. The maximum Gasteiger partial charge on any atom is 0.0323 e. The second kappa shape index (κ2) is 6.91. The van der Waals surface area contributed by atoms with E-state index in [0.717, 1.165) is 19.1 Å². The largest absolute Gasteiger partial charge is 0.329 e. The van der Waals surface area contributed by atoms with Crippen molar-refractivity contribution in [3.63, 3.8) is 0 Å². The minimum atomic E-state index is 0.484. The molecular formula is C16H26N2. The van der Waals surface area contributed by atoms with Crippen molar-refractivity contribution in [2.75, 3.05) is 13.1 Å². The molecule has 2 nitrogen and oxygen atoms in total. The fourth-order valence-electron chi connectivity index (χ4n) is 3.18. The Labute approximate surface area is 111 Å². The molecule has 0 aliphatic heterocycles. The minimum Gasteiger partial charge on any atom is -0.329 e. The Morgan fingerprint density at radius 1 is 1.17 bits per heavy atom. The summed E-state index contributed by atoms with van der Waals surface area (Å²) in [5, 5.41) is 0. The second-order valence-electron chi connectivity index (χ2n) is 5.40. The van der Waals surface area contributed by atoms with Crippen LogP contribution in [0.15, 0.2) is 30.3 Å². The van der Waals surface area contributed by atoms with E-state index in [9.17, 15) is 0 Å². The van der Waals surface area contributed by atoms with Crippen LogP contribution in [0.25, 0.3) is 0 Å². The van der Waals surface area contributed by atoms with Gasteiger partial charge in [0.1, 0.15) is 0 Å². The molecule has 1 aromatic rings. The zero-order valence-corrected chi connectivity index (χ0v) is 11.5. The van der Waals surface area contributed by atoms with Crippen LogP contribution >= 0.6 is 0 Å². The molecule has 100 valence electrons. The molecule has 1 atom stereocenters. The van der Waals surface area contributed by atoms with Gasteiger partial charge in [0.2, 0.25) is 0 Å². The van der Waals surface area contributed by atoms with Crippen molar-refractivity contribution in [3.05, 3.63) is 35.9 Å². The number of hydrogen-bond acceptors (Lipinski definition) is 2. The average molecular weight is 246 g/mol. The van der Waals surface area contributed by atoms with Crippen molar-refractivity contribution in [2.24, 2.45) is 5.73 Å². The maximum atomic E-state index is 5.81. The molecule has 1 saturated carbocycles. The van der Waals surface area contributed by atoms with Crippen molar-refractivity contribution in [1.29, 1.82) is 0 Å². The van der Waals surface area contributed by atoms with Gasteiger partial charge in [-0.25, -0.2) is 0 Å². The van der Waals surface area contributed by atoms with Crippen LogP contribution < -0.4 is 5.73 Å². The summed E-state index contributed by atoms with van der Waals surface area (Å²) in [5.74, 6) is 0. The highest BCUT2D eigenvalue weighted by Gasteiger charge is 2.25. The SMILES string of the molecule is CC(c1ccccc1)N(CCN)C1CCCCC1. The zero-order valence-electron chi connectivity index (χ0n) is 11.5. The Hall–Kier alpha value is -0.860. The summed E-state index contributed by atoms with van der Waals surface area (Å²) in [6, 6.07) is 12.0. The highest BCUT2D eigenvalue weighted by Crippen LogP contribution is 2.29. The van der Waals surface area contributed by atoms with Crippen LogP contribution in [0, 0.1) is 0 Å². The molecule has 1 aliphatic rings. The van der Waals surface area contributed by atoms with E-state index in [0.29, 0.717) is 6.04 Å². The molecule has 2 N–H and O–H groups in total. The summed E-state index contributed by atoms with van der Waals surface area (Å²) >= 11 is 0. The monoisotopic (exact) mass is 246 g/mol. The molecule has 1 aromatic carbocycles. The minimum absolute atomic E-state index is 0.484. The van der Waals surface area contributed by atoms with E-state index in [1.54, 1.807) is 0 Å². The Bertz CT molecular complexity index is 330. The maximum absolute atomic E-state index is 5.81. The van der Waals surface area contributed by atoms with E-state index >= 15 is 0 Å². The van der Waals surface area contributed by atoms with E-state index in [2.05, 4.69) is 42.2 Å². The molecule has 1 fully saturated rings. The molecule has 0 spiro atoms. The second-order valence-corrected chi connectivity index (χ2v) is 5.40. The van der Waals surface area contributed by atoms with Gasteiger partial charge < -0.3 is 5.73 Å². The Balaban J connectivity index is 2.08. The van der Waals surface area contributed by atoms with Crippen LogP contribution in [-0.4, -0.2) is 24.0 Å². The lowest BCUT2D eigenvalue weighted by molar-refractivity contribution is 0.116. The number of rotatable bonds is 5.